The van der Waals surface area contributed by atoms with E-state index in [0.29, 0.717) is 16.8 Å². The number of aryl methyl sites for hydroxylation is 1. The second-order valence-electron chi connectivity index (χ2n) is 7.37. The van der Waals surface area contributed by atoms with Gasteiger partial charge in [-0.05, 0) is 40.8 Å². The van der Waals surface area contributed by atoms with Gasteiger partial charge in [0.2, 0.25) is 0 Å². The van der Waals surface area contributed by atoms with E-state index in [9.17, 15) is 0 Å². The SMILES string of the molecule is [2H]C([2H])([2H])C([2H])(c1ccc(-c2[c-]cccc2)nc1)C([2H])([2H])[2H].[2H]C([2H])([2H])c1ccc(-c2ccc(-c3[c-]cccc3)nc2)cc1.[Ir]. The molecule has 2 nitrogen and oxygen atoms in total. The van der Waals surface area contributed by atoms with Crippen LogP contribution in [0.4, 0.5) is 0 Å². The van der Waals surface area contributed by atoms with E-state index in [-0.39, 0.29) is 25.7 Å². The monoisotopic (exact) mass is 643 g/mol. The van der Waals surface area contributed by atoms with Crippen LogP contribution in [0.25, 0.3) is 33.6 Å². The summed E-state index contributed by atoms with van der Waals surface area (Å²) < 4.78 is 74.9. The van der Waals surface area contributed by atoms with Crippen molar-refractivity contribution in [2.24, 2.45) is 0 Å². The molecule has 0 N–H and O–H groups in total. The van der Waals surface area contributed by atoms with Gasteiger partial charge in [0, 0.05) is 46.2 Å². The van der Waals surface area contributed by atoms with Gasteiger partial charge in [0.1, 0.15) is 0 Å². The van der Waals surface area contributed by atoms with Gasteiger partial charge in [0.15, 0.2) is 0 Å². The number of aromatic nitrogens is 2. The van der Waals surface area contributed by atoms with Crippen LogP contribution in [0.5, 0.6) is 0 Å². The summed E-state index contributed by atoms with van der Waals surface area (Å²) in [6.07, 6.45) is 2.93. The number of hydrogen-bond acceptors (Lipinski definition) is 2. The minimum atomic E-state index is -3.00. The predicted molar refractivity (Wildman–Crippen MR) is 141 cm³/mol. The molecule has 0 saturated carbocycles. The summed E-state index contributed by atoms with van der Waals surface area (Å²) in [7, 11) is 0. The maximum absolute atomic E-state index is 8.07. The fourth-order valence-electron chi connectivity index (χ4n) is 3.19. The van der Waals surface area contributed by atoms with Crippen LogP contribution in [0.3, 0.4) is 0 Å². The minimum Gasteiger partial charge on any atom is -0.304 e. The van der Waals surface area contributed by atoms with E-state index in [1.54, 1.807) is 42.6 Å². The Morgan fingerprint density at radius 1 is 0.686 bits per heavy atom. The van der Waals surface area contributed by atoms with E-state index < -0.39 is 26.4 Å². The Kier molecular flexibility index (Phi) is 5.74. The van der Waals surface area contributed by atoms with Crippen LogP contribution >= 0.6 is 0 Å². The molecule has 0 amide bonds. The zero-order valence-corrected chi connectivity index (χ0v) is 21.0. The van der Waals surface area contributed by atoms with Crippen molar-refractivity contribution in [2.75, 3.05) is 0 Å². The predicted octanol–water partition coefficient (Wildman–Crippen LogP) is 8.19. The molecule has 0 atom stereocenters. The molecule has 5 aromatic rings. The van der Waals surface area contributed by atoms with Gasteiger partial charge in [-0.1, -0.05) is 67.8 Å². The second kappa shape index (κ2) is 12.9. The van der Waals surface area contributed by atoms with Gasteiger partial charge in [-0.15, -0.1) is 71.8 Å². The third-order valence-corrected chi connectivity index (χ3v) is 5.00. The molecule has 0 aliphatic rings. The molecule has 2 heterocycles. The molecule has 0 spiro atoms. The third kappa shape index (κ3) is 7.29. The zero-order valence-electron chi connectivity index (χ0n) is 28.6. The molecule has 35 heavy (non-hydrogen) atoms. The van der Waals surface area contributed by atoms with E-state index in [4.69, 9.17) is 13.7 Å². The topological polar surface area (TPSA) is 25.8 Å². The van der Waals surface area contributed by atoms with Crippen molar-refractivity contribution in [3.05, 3.63) is 133 Å². The molecule has 3 aromatic carbocycles. The Morgan fingerprint density at radius 2 is 1.29 bits per heavy atom. The van der Waals surface area contributed by atoms with Crippen LogP contribution in [0.15, 0.2) is 109 Å². The molecule has 0 aliphatic heterocycles. The average Bonchev–Trinajstić information content (AvgIpc) is 3.00. The molecule has 0 unspecified atom stereocenters. The van der Waals surface area contributed by atoms with E-state index >= 15 is 0 Å². The van der Waals surface area contributed by atoms with E-state index in [1.165, 1.54) is 12.1 Å². The fourth-order valence-corrected chi connectivity index (χ4v) is 3.19. The van der Waals surface area contributed by atoms with Gasteiger partial charge in [-0.2, -0.15) is 0 Å². The van der Waals surface area contributed by atoms with Crippen LogP contribution in [0.2, 0.25) is 0 Å². The van der Waals surface area contributed by atoms with Crippen molar-refractivity contribution in [1.82, 2.24) is 9.97 Å². The molecule has 0 aliphatic carbocycles. The molecule has 0 saturated heterocycles. The Bertz CT molecular complexity index is 1620. The Morgan fingerprint density at radius 3 is 1.74 bits per heavy atom. The van der Waals surface area contributed by atoms with Gasteiger partial charge in [-0.3, -0.25) is 0 Å². The van der Waals surface area contributed by atoms with Crippen molar-refractivity contribution < 1.29 is 33.8 Å². The Balaban J connectivity index is 0.000000240. The summed E-state index contributed by atoms with van der Waals surface area (Å²) in [6.45, 7) is -8.07. The summed E-state index contributed by atoms with van der Waals surface area (Å²) in [6, 6.07) is 34.6. The van der Waals surface area contributed by atoms with Gasteiger partial charge in [0.05, 0.1) is 0 Å². The van der Waals surface area contributed by atoms with E-state index in [1.807, 2.05) is 48.5 Å². The van der Waals surface area contributed by atoms with Crippen molar-refractivity contribution in [1.29, 1.82) is 0 Å². The summed E-state index contributed by atoms with van der Waals surface area (Å²) in [5, 5.41) is 0. The second-order valence-corrected chi connectivity index (χ2v) is 7.37. The van der Waals surface area contributed by atoms with Crippen molar-refractivity contribution >= 4 is 0 Å². The summed E-state index contributed by atoms with van der Waals surface area (Å²) in [5.41, 5.74) is 5.14. The molecule has 1 radical (unpaired) electrons. The number of rotatable bonds is 4. The van der Waals surface area contributed by atoms with Gasteiger partial charge >= 0.3 is 0 Å². The van der Waals surface area contributed by atoms with Crippen LogP contribution in [0.1, 0.15) is 44.4 Å². The summed E-state index contributed by atoms with van der Waals surface area (Å²) >= 11 is 0. The largest absolute Gasteiger partial charge is 0.304 e. The van der Waals surface area contributed by atoms with Crippen LogP contribution in [0, 0.1) is 19.0 Å². The molecule has 177 valence electrons. The molecule has 0 bridgehead atoms. The smallest absolute Gasteiger partial charge is 0.0347 e. The minimum absolute atomic E-state index is 0. The number of hydrogen-bond donors (Lipinski definition) is 0. The maximum Gasteiger partial charge on any atom is 0.0347 e. The number of pyridine rings is 2. The molecule has 3 heteroatoms. The van der Waals surface area contributed by atoms with E-state index in [0.717, 1.165) is 28.6 Å². The van der Waals surface area contributed by atoms with Gasteiger partial charge in [-0.25, -0.2) is 0 Å². The first-order valence-corrected chi connectivity index (χ1v) is 10.6. The first-order chi connectivity index (χ1) is 20.6. The third-order valence-electron chi connectivity index (χ3n) is 5.00. The molecular formula is C32H28IrN2-2. The van der Waals surface area contributed by atoms with Crippen molar-refractivity contribution in [3.63, 3.8) is 0 Å². The van der Waals surface area contributed by atoms with Crippen LogP contribution < -0.4 is 0 Å². The zero-order chi connectivity index (χ0) is 32.2. The molecule has 2 aromatic heterocycles. The maximum atomic E-state index is 8.07. The fraction of sp³-hybridized carbons (Fsp3) is 0.125. The molecular weight excluding hydrogens is 605 g/mol. The summed E-state index contributed by atoms with van der Waals surface area (Å²) in [4.78, 5) is 8.54. The van der Waals surface area contributed by atoms with Crippen molar-refractivity contribution in [2.45, 2.75) is 26.4 Å². The van der Waals surface area contributed by atoms with Crippen LogP contribution in [-0.4, -0.2) is 9.97 Å². The van der Waals surface area contributed by atoms with Crippen molar-refractivity contribution in [3.8, 4) is 33.6 Å². The molecule has 5 rings (SSSR count). The van der Waals surface area contributed by atoms with Crippen LogP contribution in [-0.2, 0) is 20.1 Å². The Labute approximate surface area is 236 Å². The van der Waals surface area contributed by atoms with Gasteiger partial charge < -0.3 is 9.97 Å². The number of benzene rings is 3. The standard InChI is InChI=1S/C18H14N.C14H14N.Ir/c1-14-7-9-15(10-8-14)17-11-12-18(19-13-17)16-5-3-2-4-6-16;1-11(2)13-8-9-14(15-10-13)12-6-4-3-5-7-12;/h2-5,7-13H,1H3;3-6,8-11H,1-2H3;/q2*-1;/i1D3;1D3,2D3,11D;. The normalized spacial score (nSPS) is 15.8. The first-order valence-electron chi connectivity index (χ1n) is 15.6. The first kappa shape index (κ1) is 15.6. The number of nitrogens with zero attached hydrogens (tertiary/aromatic N) is 2. The van der Waals surface area contributed by atoms with E-state index in [2.05, 4.69) is 22.1 Å². The average molecular weight is 643 g/mol. The van der Waals surface area contributed by atoms with Gasteiger partial charge in [0.25, 0.3) is 0 Å². The quantitative estimate of drug-likeness (QED) is 0.185. The molecule has 0 fully saturated rings. The Hall–Kier alpha value is -3.39. The summed E-state index contributed by atoms with van der Waals surface area (Å²) in [5.74, 6) is -2.72.